The lowest BCUT2D eigenvalue weighted by Crippen LogP contribution is -2.27. The average molecular weight is 364 g/mol. The fourth-order valence-electron chi connectivity index (χ4n) is 2.54. The molecule has 3 aromatic rings. The molecule has 6 nitrogen and oxygen atoms in total. The quantitative estimate of drug-likeness (QED) is 0.496. The Morgan fingerprint density at radius 1 is 1.20 bits per heavy atom. The second-order valence-corrected chi connectivity index (χ2v) is 6.06. The van der Waals surface area contributed by atoms with Crippen LogP contribution in [0.3, 0.4) is 0 Å². The Labute approximate surface area is 151 Å². The molecule has 0 radical (unpaired) electrons. The predicted molar refractivity (Wildman–Crippen MR) is 99.6 cm³/mol. The zero-order chi connectivity index (χ0) is 16.9. The van der Waals surface area contributed by atoms with Gasteiger partial charge < -0.3 is 20.6 Å². The third-order valence-electron chi connectivity index (χ3n) is 3.68. The van der Waals surface area contributed by atoms with Crippen molar-refractivity contribution < 1.29 is 15.3 Å². The molecule has 7 heteroatoms. The third-order valence-corrected chi connectivity index (χ3v) is 3.84. The molecule has 25 heavy (non-hydrogen) atoms. The fourth-order valence-corrected chi connectivity index (χ4v) is 2.64. The van der Waals surface area contributed by atoms with Crippen LogP contribution in [0.4, 0.5) is 0 Å². The largest absolute Gasteiger partial charge is 0.475 e. The van der Waals surface area contributed by atoms with Crippen molar-refractivity contribution in [3.8, 4) is 11.6 Å². The van der Waals surface area contributed by atoms with E-state index >= 15 is 0 Å². The monoisotopic (exact) mass is 363 g/mol. The van der Waals surface area contributed by atoms with Crippen LogP contribution >= 0.6 is 11.6 Å². The Bertz CT molecular complexity index is 820. The molecule has 0 aliphatic rings. The highest BCUT2D eigenvalue weighted by Crippen LogP contribution is 2.21. The molecule has 1 aromatic heterocycles. The normalized spacial score (nSPS) is 12.0. The topological polar surface area (TPSA) is 90.8 Å². The molecule has 0 amide bonds. The molecule has 0 saturated carbocycles. The number of aliphatic hydroxyl groups excluding tert-OH is 1. The number of fused-ring (bicyclic) bond motifs is 1. The highest BCUT2D eigenvalue weighted by Gasteiger charge is 2.08. The molecule has 2 aromatic carbocycles. The van der Waals surface area contributed by atoms with Gasteiger partial charge in [0.15, 0.2) is 0 Å². The van der Waals surface area contributed by atoms with Crippen LogP contribution in [0, 0.1) is 6.92 Å². The molecule has 0 saturated heterocycles. The Morgan fingerprint density at radius 2 is 1.96 bits per heavy atom. The molecule has 1 unspecified atom stereocenters. The molecule has 3 rings (SSSR count). The van der Waals surface area contributed by atoms with E-state index in [1.807, 2.05) is 29.8 Å². The molecule has 1 heterocycles. The first-order valence-electron chi connectivity index (χ1n) is 7.85. The summed E-state index contributed by atoms with van der Waals surface area (Å²) in [5, 5.41) is 18.8. The molecule has 4 N–H and O–H groups in total. The van der Waals surface area contributed by atoms with Crippen molar-refractivity contribution >= 4 is 22.4 Å². The Hall–Kier alpha value is -2.12. The lowest BCUT2D eigenvalue weighted by Gasteiger charge is -2.07. The van der Waals surface area contributed by atoms with Crippen LogP contribution in [-0.4, -0.2) is 45.6 Å². The van der Waals surface area contributed by atoms with Gasteiger partial charge in [0.25, 0.3) is 0 Å². The van der Waals surface area contributed by atoms with Crippen molar-refractivity contribution in [2.24, 2.45) is 0 Å². The van der Waals surface area contributed by atoms with Crippen molar-refractivity contribution in [1.29, 1.82) is 0 Å². The minimum Gasteiger partial charge on any atom is -0.475 e. The molecule has 0 aliphatic carbocycles. The van der Waals surface area contributed by atoms with Crippen molar-refractivity contribution in [1.82, 2.24) is 15.1 Å². The Morgan fingerprint density at radius 3 is 2.72 bits per heavy atom. The van der Waals surface area contributed by atoms with Gasteiger partial charge in [-0.1, -0.05) is 41.9 Å². The number of aromatic nitrogens is 2. The zero-order valence-electron chi connectivity index (χ0n) is 13.9. The van der Waals surface area contributed by atoms with E-state index in [0.717, 1.165) is 11.4 Å². The summed E-state index contributed by atoms with van der Waals surface area (Å²) >= 11 is 5.44. The minimum atomic E-state index is -0.876. The van der Waals surface area contributed by atoms with Crippen LogP contribution in [0.1, 0.15) is 5.69 Å². The van der Waals surface area contributed by atoms with Crippen LogP contribution in [0.25, 0.3) is 16.5 Å². The van der Waals surface area contributed by atoms with Gasteiger partial charge in [-0.3, -0.25) is 0 Å². The molecule has 134 valence electrons. The third kappa shape index (κ3) is 4.93. The Balaban J connectivity index is 0.00000225. The molecule has 0 spiro atoms. The van der Waals surface area contributed by atoms with Gasteiger partial charge in [0.1, 0.15) is 12.2 Å². The number of benzene rings is 2. The van der Waals surface area contributed by atoms with E-state index in [0.29, 0.717) is 25.6 Å². The van der Waals surface area contributed by atoms with E-state index in [-0.39, 0.29) is 5.48 Å². The Kier molecular flexibility index (Phi) is 6.78. The summed E-state index contributed by atoms with van der Waals surface area (Å²) in [5.74, 6) is 0.578. The molecular weight excluding hydrogens is 342 g/mol. The van der Waals surface area contributed by atoms with Gasteiger partial charge in [-0.25, -0.2) is 4.68 Å². The first-order valence-corrected chi connectivity index (χ1v) is 8.28. The number of nitrogens with one attached hydrogen (secondary N) is 1. The summed E-state index contributed by atoms with van der Waals surface area (Å²) < 4.78 is 7.51. The van der Waals surface area contributed by atoms with Crippen LogP contribution < -0.4 is 10.1 Å². The SMILES string of the molecule is Cc1cc(OCCNCC(O)Cl)nn1-c1ccc2ccccc2c1.O. The molecular formula is C18H22ClN3O3. The summed E-state index contributed by atoms with van der Waals surface area (Å²) in [6, 6.07) is 16.4. The van der Waals surface area contributed by atoms with Gasteiger partial charge in [-0.2, -0.15) is 0 Å². The number of alkyl halides is 1. The average Bonchev–Trinajstić information content (AvgIpc) is 2.94. The zero-order valence-corrected chi connectivity index (χ0v) is 14.7. The lowest BCUT2D eigenvalue weighted by atomic mass is 10.1. The first kappa shape index (κ1) is 19.2. The smallest absolute Gasteiger partial charge is 0.233 e. The van der Waals surface area contributed by atoms with Crippen molar-refractivity contribution in [3.05, 3.63) is 54.2 Å². The van der Waals surface area contributed by atoms with E-state index < -0.39 is 5.56 Å². The minimum absolute atomic E-state index is 0. The van der Waals surface area contributed by atoms with E-state index in [4.69, 9.17) is 21.4 Å². The first-order chi connectivity index (χ1) is 11.6. The molecule has 0 bridgehead atoms. The number of ether oxygens (including phenoxy) is 1. The van der Waals surface area contributed by atoms with Crippen LogP contribution in [-0.2, 0) is 0 Å². The highest BCUT2D eigenvalue weighted by molar-refractivity contribution is 6.19. The maximum atomic E-state index is 8.96. The van der Waals surface area contributed by atoms with E-state index in [1.165, 1.54) is 10.8 Å². The van der Waals surface area contributed by atoms with Crippen LogP contribution in [0.15, 0.2) is 48.5 Å². The maximum absolute atomic E-state index is 8.96. The number of nitrogens with zero attached hydrogens (tertiary/aromatic N) is 2. The van der Waals surface area contributed by atoms with Crippen molar-refractivity contribution in [2.75, 3.05) is 19.7 Å². The van der Waals surface area contributed by atoms with Gasteiger partial charge >= 0.3 is 0 Å². The number of hydrogen-bond acceptors (Lipinski definition) is 4. The van der Waals surface area contributed by atoms with Crippen molar-refractivity contribution in [2.45, 2.75) is 12.5 Å². The van der Waals surface area contributed by atoms with Gasteiger partial charge in [-0.05, 0) is 29.8 Å². The number of aryl methyl sites for hydroxylation is 1. The number of halogens is 1. The molecule has 0 aliphatic heterocycles. The summed E-state index contributed by atoms with van der Waals surface area (Å²) in [6.45, 7) is 3.37. The summed E-state index contributed by atoms with van der Waals surface area (Å²) in [7, 11) is 0. The van der Waals surface area contributed by atoms with Gasteiger partial charge in [0, 0.05) is 24.8 Å². The maximum Gasteiger partial charge on any atom is 0.233 e. The highest BCUT2D eigenvalue weighted by atomic mass is 35.5. The fraction of sp³-hybridized carbons (Fsp3) is 0.278. The number of rotatable bonds is 7. The van der Waals surface area contributed by atoms with Gasteiger partial charge in [0.2, 0.25) is 5.88 Å². The standard InChI is InChI=1S/C18H20ClN3O2.H2O/c1-13-10-18(24-9-8-20-12-17(19)23)21-22(13)16-7-6-14-4-2-3-5-15(14)11-16;/h2-7,10-11,17,20,23H,8-9,12H2,1H3;1H2. The summed E-state index contributed by atoms with van der Waals surface area (Å²) in [6.07, 6.45) is 0. The molecule has 0 fully saturated rings. The van der Waals surface area contributed by atoms with E-state index in [2.05, 4.69) is 40.7 Å². The van der Waals surface area contributed by atoms with E-state index in [1.54, 1.807) is 0 Å². The lowest BCUT2D eigenvalue weighted by molar-refractivity contribution is 0.241. The predicted octanol–water partition coefficient (Wildman–Crippen LogP) is 2.03. The molecule has 1 atom stereocenters. The summed E-state index contributed by atoms with van der Waals surface area (Å²) in [5.41, 5.74) is 1.13. The number of aliphatic hydroxyl groups is 1. The van der Waals surface area contributed by atoms with Gasteiger partial charge in [0.05, 0.1) is 5.69 Å². The number of hydrogen-bond donors (Lipinski definition) is 2. The second kappa shape index (κ2) is 8.82. The second-order valence-electron chi connectivity index (χ2n) is 5.55. The van der Waals surface area contributed by atoms with E-state index in [9.17, 15) is 0 Å². The van der Waals surface area contributed by atoms with Gasteiger partial charge in [-0.15, -0.1) is 5.10 Å². The van der Waals surface area contributed by atoms with Crippen LogP contribution in [0.5, 0.6) is 5.88 Å². The van der Waals surface area contributed by atoms with Crippen molar-refractivity contribution in [3.63, 3.8) is 0 Å². The van der Waals surface area contributed by atoms with Crippen LogP contribution in [0.2, 0.25) is 0 Å². The summed E-state index contributed by atoms with van der Waals surface area (Å²) in [4.78, 5) is 0.